The molecule has 0 saturated carbocycles. The molecule has 1 N–H and O–H groups in total. The molecule has 0 fully saturated rings. The van der Waals surface area contributed by atoms with E-state index in [4.69, 9.17) is 4.74 Å². The Morgan fingerprint density at radius 3 is 2.45 bits per heavy atom. The Hall–Kier alpha value is -1.46. The number of ether oxygens (including phenoxy) is 1. The highest BCUT2D eigenvalue weighted by Gasteiger charge is 2.19. The summed E-state index contributed by atoms with van der Waals surface area (Å²) in [6, 6.07) is 5.78. The molecule has 0 saturated heterocycles. The van der Waals surface area contributed by atoms with E-state index in [1.165, 1.54) is 19.2 Å². The van der Waals surface area contributed by atoms with Crippen molar-refractivity contribution in [3.63, 3.8) is 0 Å². The third-order valence-corrected chi connectivity index (χ3v) is 3.27. The number of benzene rings is 1. The summed E-state index contributed by atoms with van der Waals surface area (Å²) in [6.07, 6.45) is -0.708. The van der Waals surface area contributed by atoms with E-state index >= 15 is 0 Å². The zero-order valence-electron chi connectivity index (χ0n) is 12.2. The highest BCUT2D eigenvalue weighted by molar-refractivity contribution is 5.72. The van der Waals surface area contributed by atoms with Crippen molar-refractivity contribution in [1.29, 1.82) is 0 Å². The van der Waals surface area contributed by atoms with E-state index in [0.29, 0.717) is 25.2 Å². The fourth-order valence-corrected chi connectivity index (χ4v) is 2.03. The van der Waals surface area contributed by atoms with Gasteiger partial charge in [0.05, 0.1) is 19.1 Å². The maximum Gasteiger partial charge on any atom is 0.309 e. The maximum absolute atomic E-state index is 12.8. The summed E-state index contributed by atoms with van der Waals surface area (Å²) in [7, 11) is 1.36. The second-order valence-corrected chi connectivity index (χ2v) is 4.84. The maximum atomic E-state index is 12.8. The lowest BCUT2D eigenvalue weighted by atomic mass is 10.1. The standard InChI is InChI=1S/C15H22FNO3/c1-4-17(9-11(2)15(19)20-3)10-14(18)12-5-7-13(16)8-6-12/h5-8,11,14,18H,4,9-10H2,1-3H3. The largest absolute Gasteiger partial charge is 0.469 e. The van der Waals surface area contributed by atoms with Crippen molar-refractivity contribution >= 4 is 5.97 Å². The summed E-state index contributed by atoms with van der Waals surface area (Å²) >= 11 is 0. The molecule has 20 heavy (non-hydrogen) atoms. The first-order valence-corrected chi connectivity index (χ1v) is 6.71. The number of halogens is 1. The highest BCUT2D eigenvalue weighted by atomic mass is 19.1. The van der Waals surface area contributed by atoms with Gasteiger partial charge in [-0.15, -0.1) is 0 Å². The molecule has 0 aliphatic carbocycles. The first kappa shape index (κ1) is 16.6. The highest BCUT2D eigenvalue weighted by Crippen LogP contribution is 2.15. The van der Waals surface area contributed by atoms with Gasteiger partial charge >= 0.3 is 5.97 Å². The van der Waals surface area contributed by atoms with Crippen LogP contribution >= 0.6 is 0 Å². The molecule has 1 rings (SSSR count). The molecule has 2 unspecified atom stereocenters. The summed E-state index contributed by atoms with van der Waals surface area (Å²) in [4.78, 5) is 13.4. The minimum Gasteiger partial charge on any atom is -0.469 e. The zero-order chi connectivity index (χ0) is 15.1. The van der Waals surface area contributed by atoms with Gasteiger partial charge in [0, 0.05) is 13.1 Å². The van der Waals surface area contributed by atoms with Crippen LogP contribution in [0.2, 0.25) is 0 Å². The van der Waals surface area contributed by atoms with E-state index in [1.807, 2.05) is 11.8 Å². The number of nitrogens with zero attached hydrogens (tertiary/aromatic N) is 1. The van der Waals surface area contributed by atoms with Crippen LogP contribution in [0.3, 0.4) is 0 Å². The first-order valence-electron chi connectivity index (χ1n) is 6.71. The molecule has 0 amide bonds. The van der Waals surface area contributed by atoms with Crippen LogP contribution in [-0.2, 0) is 9.53 Å². The Morgan fingerprint density at radius 1 is 1.35 bits per heavy atom. The number of carbonyl (C=O) groups excluding carboxylic acids is 1. The molecule has 5 heteroatoms. The van der Waals surface area contributed by atoms with Gasteiger partial charge in [-0.1, -0.05) is 26.0 Å². The van der Waals surface area contributed by atoms with Crippen molar-refractivity contribution in [2.75, 3.05) is 26.7 Å². The number of methoxy groups -OCH3 is 1. The van der Waals surface area contributed by atoms with Crippen LogP contribution in [0.4, 0.5) is 4.39 Å². The summed E-state index contributed by atoms with van der Waals surface area (Å²) in [5.41, 5.74) is 0.663. The monoisotopic (exact) mass is 283 g/mol. The predicted octanol–water partition coefficient (Wildman–Crippen LogP) is 1.99. The molecule has 0 aliphatic heterocycles. The van der Waals surface area contributed by atoms with E-state index in [9.17, 15) is 14.3 Å². The van der Waals surface area contributed by atoms with Gasteiger partial charge in [-0.3, -0.25) is 9.69 Å². The minimum atomic E-state index is -0.708. The van der Waals surface area contributed by atoms with Gasteiger partial charge in [0.25, 0.3) is 0 Å². The quantitative estimate of drug-likeness (QED) is 0.778. The van der Waals surface area contributed by atoms with Crippen LogP contribution in [0.1, 0.15) is 25.5 Å². The number of hydrogen-bond acceptors (Lipinski definition) is 4. The summed E-state index contributed by atoms with van der Waals surface area (Å²) in [6.45, 7) is 5.37. The fraction of sp³-hybridized carbons (Fsp3) is 0.533. The van der Waals surface area contributed by atoms with Gasteiger partial charge in [0.1, 0.15) is 5.82 Å². The Labute approximate surface area is 119 Å². The molecular weight excluding hydrogens is 261 g/mol. The first-order chi connectivity index (χ1) is 9.47. The fourth-order valence-electron chi connectivity index (χ4n) is 2.03. The molecule has 0 bridgehead atoms. The average Bonchev–Trinajstić information content (AvgIpc) is 2.45. The van der Waals surface area contributed by atoms with Crippen molar-refractivity contribution in [2.24, 2.45) is 5.92 Å². The molecule has 0 heterocycles. The number of esters is 1. The van der Waals surface area contributed by atoms with Crippen LogP contribution in [0.25, 0.3) is 0 Å². The Kier molecular flexibility index (Phi) is 6.61. The van der Waals surface area contributed by atoms with Crippen LogP contribution in [-0.4, -0.2) is 42.7 Å². The second kappa shape index (κ2) is 7.97. The lowest BCUT2D eigenvalue weighted by molar-refractivity contribution is -0.145. The minimum absolute atomic E-state index is 0.250. The Bertz CT molecular complexity index is 422. The van der Waals surface area contributed by atoms with Gasteiger partial charge in [-0.25, -0.2) is 4.39 Å². The van der Waals surface area contributed by atoms with Crippen LogP contribution in [0, 0.1) is 11.7 Å². The van der Waals surface area contributed by atoms with Crippen molar-refractivity contribution in [2.45, 2.75) is 20.0 Å². The van der Waals surface area contributed by atoms with Crippen molar-refractivity contribution < 1.29 is 19.0 Å². The molecule has 0 spiro atoms. The number of rotatable bonds is 7. The normalized spacial score (nSPS) is 14.1. The van der Waals surface area contributed by atoms with Gasteiger partial charge in [0.2, 0.25) is 0 Å². The summed E-state index contributed by atoms with van der Waals surface area (Å²) in [5.74, 6) is -0.840. The molecule has 2 atom stereocenters. The smallest absolute Gasteiger partial charge is 0.309 e. The van der Waals surface area contributed by atoms with Gasteiger partial charge in [-0.2, -0.15) is 0 Å². The predicted molar refractivity (Wildman–Crippen MR) is 74.7 cm³/mol. The molecule has 112 valence electrons. The molecule has 1 aromatic rings. The molecule has 0 aliphatic rings. The second-order valence-electron chi connectivity index (χ2n) is 4.84. The van der Waals surface area contributed by atoms with E-state index in [2.05, 4.69) is 0 Å². The van der Waals surface area contributed by atoms with Gasteiger partial charge in [-0.05, 0) is 24.2 Å². The lowest BCUT2D eigenvalue weighted by Crippen LogP contribution is -2.35. The van der Waals surface area contributed by atoms with Crippen LogP contribution < -0.4 is 0 Å². The third kappa shape index (κ3) is 4.90. The Morgan fingerprint density at radius 2 is 1.95 bits per heavy atom. The number of hydrogen-bond donors (Lipinski definition) is 1. The topological polar surface area (TPSA) is 49.8 Å². The van der Waals surface area contributed by atoms with E-state index in [-0.39, 0.29) is 17.7 Å². The number of aliphatic hydroxyl groups excluding tert-OH is 1. The molecule has 0 aromatic heterocycles. The van der Waals surface area contributed by atoms with Crippen molar-refractivity contribution in [3.05, 3.63) is 35.6 Å². The van der Waals surface area contributed by atoms with Crippen LogP contribution in [0.5, 0.6) is 0 Å². The number of likely N-dealkylation sites (N-methyl/N-ethyl adjacent to an activating group) is 1. The van der Waals surface area contributed by atoms with Gasteiger partial charge < -0.3 is 9.84 Å². The van der Waals surface area contributed by atoms with Gasteiger partial charge in [0.15, 0.2) is 0 Å². The van der Waals surface area contributed by atoms with E-state index in [1.54, 1.807) is 19.1 Å². The van der Waals surface area contributed by atoms with Crippen molar-refractivity contribution in [1.82, 2.24) is 4.90 Å². The zero-order valence-corrected chi connectivity index (χ0v) is 12.2. The molecule has 1 aromatic carbocycles. The third-order valence-electron chi connectivity index (χ3n) is 3.27. The molecule has 4 nitrogen and oxygen atoms in total. The lowest BCUT2D eigenvalue weighted by Gasteiger charge is -2.25. The van der Waals surface area contributed by atoms with E-state index in [0.717, 1.165) is 0 Å². The van der Waals surface area contributed by atoms with Crippen LogP contribution in [0.15, 0.2) is 24.3 Å². The SMILES string of the molecule is CCN(CC(C)C(=O)OC)CC(O)c1ccc(F)cc1. The molecular formula is C15H22FNO3. The number of carbonyl (C=O) groups is 1. The Balaban J connectivity index is 2.59. The summed E-state index contributed by atoms with van der Waals surface area (Å²) in [5, 5.41) is 10.1. The van der Waals surface area contributed by atoms with Crippen molar-refractivity contribution in [3.8, 4) is 0 Å². The number of aliphatic hydroxyl groups is 1. The summed E-state index contributed by atoms with van der Waals surface area (Å²) < 4.78 is 17.5. The average molecular weight is 283 g/mol. The molecule has 0 radical (unpaired) electrons. The van der Waals surface area contributed by atoms with E-state index < -0.39 is 6.10 Å².